The summed E-state index contributed by atoms with van der Waals surface area (Å²) in [4.78, 5) is 10.2. The van der Waals surface area contributed by atoms with Crippen molar-refractivity contribution in [2.75, 3.05) is 0 Å². The van der Waals surface area contributed by atoms with Crippen LogP contribution >= 0.6 is 0 Å². The molecule has 0 spiro atoms. The van der Waals surface area contributed by atoms with Gasteiger partial charge in [0.1, 0.15) is 0 Å². The Morgan fingerprint density at radius 2 is 0.960 bits per heavy atom. The molecule has 2 radical (unpaired) electrons. The molecule has 0 saturated heterocycles. The molecule has 0 atom stereocenters. The average molecular weight is 461 g/mol. The van der Waals surface area contributed by atoms with Crippen LogP contribution in [0.25, 0.3) is 0 Å². The predicted molar refractivity (Wildman–Crippen MR) is 114 cm³/mol. The topological polar surface area (TPSA) is 37.3 Å². The van der Waals surface area contributed by atoms with Gasteiger partial charge in [-0.05, 0) is 6.42 Å². The van der Waals surface area contributed by atoms with Crippen molar-refractivity contribution in [3.05, 3.63) is 0 Å². The zero-order chi connectivity index (χ0) is 19.0. The van der Waals surface area contributed by atoms with Crippen molar-refractivity contribution in [3.63, 3.8) is 0 Å². The summed E-state index contributed by atoms with van der Waals surface area (Å²) >= 11 is 0.124. The van der Waals surface area contributed by atoms with E-state index in [0.29, 0.717) is 6.42 Å². The molecule has 25 heavy (non-hydrogen) atoms. The fourth-order valence-corrected chi connectivity index (χ4v) is 6.28. The van der Waals surface area contributed by atoms with E-state index in [-0.39, 0.29) is 21.1 Å². The first-order valence-electron chi connectivity index (χ1n) is 11.1. The second kappa shape index (κ2) is 26.5. The van der Waals surface area contributed by atoms with E-state index in [9.17, 15) is 4.79 Å². The van der Waals surface area contributed by atoms with Crippen LogP contribution in [0, 0.1) is 0 Å². The van der Waals surface area contributed by atoms with Gasteiger partial charge in [-0.25, -0.2) is 0 Å². The summed E-state index contributed by atoms with van der Waals surface area (Å²) < 4.78 is 3.28. The number of aliphatic carboxylic acids is 1. The Labute approximate surface area is 169 Å². The van der Waals surface area contributed by atoms with Gasteiger partial charge < -0.3 is 5.11 Å². The minimum absolute atomic E-state index is 0.124. The van der Waals surface area contributed by atoms with Gasteiger partial charge >= 0.3 is 88.4 Å². The van der Waals surface area contributed by atoms with E-state index in [4.69, 9.17) is 5.11 Å². The van der Waals surface area contributed by atoms with Crippen molar-refractivity contribution in [2.24, 2.45) is 0 Å². The minimum atomic E-state index is -0.659. The fraction of sp³-hybridized carbons (Fsp3) is 0.955. The first-order valence-corrected chi connectivity index (χ1v) is 15.1. The maximum atomic E-state index is 10.2. The monoisotopic (exact) mass is 462 g/mol. The van der Waals surface area contributed by atoms with Crippen molar-refractivity contribution in [3.8, 4) is 0 Å². The number of carbonyl (C=O) groups is 1. The molecular weight excluding hydrogens is 415 g/mol. The number of unbranched alkanes of at least 4 members (excludes halogenated alkanes) is 12. The predicted octanol–water partition coefficient (Wildman–Crippen LogP) is 7.90. The van der Waals surface area contributed by atoms with Crippen LogP contribution in [0.1, 0.15) is 124 Å². The Hall–Kier alpha value is 0.269. The summed E-state index contributed by atoms with van der Waals surface area (Å²) in [6.07, 6.45) is 20.3. The fourth-order valence-electron chi connectivity index (χ4n) is 2.71. The number of hydrogen-bond acceptors (Lipinski definition) is 1. The van der Waals surface area contributed by atoms with E-state index in [1.54, 1.807) is 8.87 Å². The summed E-state index contributed by atoms with van der Waals surface area (Å²) in [7, 11) is 0. The molecule has 1 N–H and O–H groups in total. The van der Waals surface area contributed by atoms with Crippen molar-refractivity contribution in [2.45, 2.75) is 132 Å². The normalized spacial score (nSPS) is 10.4. The Morgan fingerprint density at radius 1 is 0.600 bits per heavy atom. The number of carboxylic acids is 1. The van der Waals surface area contributed by atoms with Gasteiger partial charge in [-0.1, -0.05) is 58.3 Å². The Morgan fingerprint density at radius 3 is 1.36 bits per heavy atom. The molecule has 0 unspecified atom stereocenters. The van der Waals surface area contributed by atoms with Gasteiger partial charge in [0.2, 0.25) is 0 Å². The molecule has 0 aliphatic rings. The molecule has 0 bridgehead atoms. The molecule has 0 aromatic carbocycles. The van der Waals surface area contributed by atoms with Crippen LogP contribution in [-0.2, 0) is 4.79 Å². The third-order valence-corrected chi connectivity index (χ3v) is 8.44. The van der Waals surface area contributed by atoms with Crippen LogP contribution in [0.3, 0.4) is 0 Å². The molecule has 0 heterocycles. The van der Waals surface area contributed by atoms with Gasteiger partial charge in [-0.3, -0.25) is 4.79 Å². The molecule has 0 rings (SSSR count). The number of rotatable bonds is 18. The summed E-state index contributed by atoms with van der Waals surface area (Å²) in [5.74, 6) is -0.659. The molecule has 3 heteroatoms. The van der Waals surface area contributed by atoms with E-state index in [2.05, 4.69) is 20.8 Å². The molecular formula is C22H46O2Sn. The van der Waals surface area contributed by atoms with Crippen LogP contribution in [0.4, 0.5) is 0 Å². The molecule has 0 saturated carbocycles. The quantitative estimate of drug-likeness (QED) is 0.166. The molecule has 2 nitrogen and oxygen atoms in total. The summed E-state index contributed by atoms with van der Waals surface area (Å²) in [5.41, 5.74) is 0. The molecule has 150 valence electrons. The van der Waals surface area contributed by atoms with E-state index >= 15 is 0 Å². The SMILES string of the molecule is CCCCCCCCCCCC(=O)O.CCCC[CH2][Sn][CH2]CCCC. The first kappa shape index (κ1) is 27.5. The molecule has 0 amide bonds. The van der Waals surface area contributed by atoms with Crippen molar-refractivity contribution < 1.29 is 9.90 Å². The van der Waals surface area contributed by atoms with Gasteiger partial charge in [-0.15, -0.1) is 0 Å². The third-order valence-electron chi connectivity index (χ3n) is 4.41. The van der Waals surface area contributed by atoms with Gasteiger partial charge in [0.05, 0.1) is 0 Å². The molecule has 0 aromatic heterocycles. The van der Waals surface area contributed by atoms with E-state index < -0.39 is 5.97 Å². The standard InChI is InChI=1S/C12H24O2.2C5H11.Sn/c1-2-3-4-5-6-7-8-9-10-11-12(13)14;2*1-3-5-4-2;/h2-11H2,1H3,(H,13,14);2*1,3-5H2,2H3;. The molecule has 0 fully saturated rings. The van der Waals surface area contributed by atoms with E-state index in [0.717, 1.165) is 12.8 Å². The average Bonchev–Trinajstić information content (AvgIpc) is 2.60. The third kappa shape index (κ3) is 32.4. The van der Waals surface area contributed by atoms with Gasteiger partial charge in [-0.2, -0.15) is 0 Å². The second-order valence-electron chi connectivity index (χ2n) is 7.14. The zero-order valence-corrected chi connectivity index (χ0v) is 20.4. The van der Waals surface area contributed by atoms with Crippen LogP contribution in [0.2, 0.25) is 8.87 Å². The van der Waals surface area contributed by atoms with E-state index in [1.807, 2.05) is 0 Å². The van der Waals surface area contributed by atoms with Crippen LogP contribution < -0.4 is 0 Å². The molecule has 0 aliphatic heterocycles. The summed E-state index contributed by atoms with van der Waals surface area (Å²) in [5, 5.41) is 8.41. The summed E-state index contributed by atoms with van der Waals surface area (Å²) in [6.45, 7) is 6.82. The number of carboxylic acid groups (broad SMARTS) is 1. The Bertz CT molecular complexity index is 236. The molecule has 0 aliphatic carbocycles. The van der Waals surface area contributed by atoms with Crippen molar-refractivity contribution in [1.82, 2.24) is 0 Å². The Kier molecular flexibility index (Phi) is 29.1. The van der Waals surface area contributed by atoms with Crippen LogP contribution in [-0.4, -0.2) is 32.2 Å². The number of hydrogen-bond donors (Lipinski definition) is 1. The van der Waals surface area contributed by atoms with Crippen LogP contribution in [0.15, 0.2) is 0 Å². The first-order chi connectivity index (χ1) is 12.2. The molecule has 0 aromatic rings. The van der Waals surface area contributed by atoms with Gasteiger partial charge in [0.25, 0.3) is 0 Å². The maximum absolute atomic E-state index is 10.2. The van der Waals surface area contributed by atoms with E-state index in [1.165, 1.54) is 83.5 Å². The summed E-state index contributed by atoms with van der Waals surface area (Å²) in [6, 6.07) is 0. The van der Waals surface area contributed by atoms with Crippen molar-refractivity contribution in [1.29, 1.82) is 0 Å². The Balaban J connectivity index is 0. The van der Waals surface area contributed by atoms with Gasteiger partial charge in [0.15, 0.2) is 0 Å². The zero-order valence-electron chi connectivity index (χ0n) is 17.6. The van der Waals surface area contributed by atoms with Crippen molar-refractivity contribution >= 4 is 27.1 Å². The van der Waals surface area contributed by atoms with Crippen LogP contribution in [0.5, 0.6) is 0 Å². The second-order valence-corrected chi connectivity index (χ2v) is 11.4. The van der Waals surface area contributed by atoms with Gasteiger partial charge in [0, 0.05) is 6.42 Å².